The van der Waals surface area contributed by atoms with Gasteiger partial charge in [0.2, 0.25) is 10.0 Å². The van der Waals surface area contributed by atoms with E-state index in [1.807, 2.05) is 0 Å². The lowest BCUT2D eigenvalue weighted by Crippen LogP contribution is -2.38. The van der Waals surface area contributed by atoms with Crippen molar-refractivity contribution in [2.75, 3.05) is 13.1 Å². The number of alkyl halides is 4. The van der Waals surface area contributed by atoms with Crippen molar-refractivity contribution in [3.63, 3.8) is 0 Å². The third kappa shape index (κ3) is 3.63. The zero-order chi connectivity index (χ0) is 14.0. The first-order valence-corrected chi connectivity index (χ1v) is 6.98. The van der Waals surface area contributed by atoms with Gasteiger partial charge in [0.05, 0.1) is 10.8 Å². The zero-order valence-corrected chi connectivity index (χ0v) is 11.0. The van der Waals surface area contributed by atoms with Crippen LogP contribution in [0.4, 0.5) is 13.2 Å². The Morgan fingerprint density at radius 1 is 1.44 bits per heavy atom. The molecule has 0 saturated carbocycles. The number of hydrogen-bond donors (Lipinski definition) is 1. The van der Waals surface area contributed by atoms with Crippen LogP contribution < -0.4 is 0 Å². The van der Waals surface area contributed by atoms with Crippen LogP contribution >= 0.6 is 11.6 Å². The first-order chi connectivity index (χ1) is 8.20. The molecular weight excluding hydrogens is 293 g/mol. The molecule has 0 aliphatic heterocycles. The van der Waals surface area contributed by atoms with Gasteiger partial charge in [-0.25, -0.2) is 8.42 Å². The van der Waals surface area contributed by atoms with E-state index < -0.39 is 22.7 Å². The van der Waals surface area contributed by atoms with E-state index in [0.717, 1.165) is 6.20 Å². The Morgan fingerprint density at radius 3 is 2.44 bits per heavy atom. The van der Waals surface area contributed by atoms with Crippen molar-refractivity contribution < 1.29 is 21.6 Å². The van der Waals surface area contributed by atoms with Crippen LogP contribution in [0.3, 0.4) is 0 Å². The molecule has 0 atom stereocenters. The van der Waals surface area contributed by atoms with Crippen molar-refractivity contribution in [2.45, 2.75) is 23.9 Å². The van der Waals surface area contributed by atoms with Gasteiger partial charge < -0.3 is 4.98 Å². The van der Waals surface area contributed by atoms with E-state index in [1.165, 1.54) is 13.0 Å². The predicted molar refractivity (Wildman–Crippen MR) is 60.8 cm³/mol. The van der Waals surface area contributed by atoms with Gasteiger partial charge in [-0.3, -0.25) is 0 Å². The molecule has 0 radical (unpaired) electrons. The summed E-state index contributed by atoms with van der Waals surface area (Å²) in [6.07, 6.45) is -3.44. The molecule has 0 amide bonds. The third-order valence-electron chi connectivity index (χ3n) is 2.21. The smallest absolute Gasteiger partial charge is 0.363 e. The Labute approximate surface area is 108 Å². The minimum atomic E-state index is -4.57. The third-order valence-corrected chi connectivity index (χ3v) is 4.39. The van der Waals surface area contributed by atoms with Crippen LogP contribution in [0.5, 0.6) is 0 Å². The molecule has 4 nitrogen and oxygen atoms in total. The molecule has 1 N–H and O–H groups in total. The molecule has 1 rings (SSSR count). The summed E-state index contributed by atoms with van der Waals surface area (Å²) < 4.78 is 61.1. The summed E-state index contributed by atoms with van der Waals surface area (Å²) in [6, 6.07) is 1.22. The summed E-state index contributed by atoms with van der Waals surface area (Å²) in [5.74, 6) is 0.0565. The second-order valence-corrected chi connectivity index (χ2v) is 5.75. The second kappa shape index (κ2) is 5.50. The lowest BCUT2D eigenvalue weighted by atomic mass is 10.5. The van der Waals surface area contributed by atoms with Gasteiger partial charge in [0.15, 0.2) is 0 Å². The molecule has 0 bridgehead atoms. The number of aromatic amines is 1. The first kappa shape index (κ1) is 15.3. The van der Waals surface area contributed by atoms with E-state index in [4.69, 9.17) is 11.6 Å². The molecule has 0 fully saturated rings. The van der Waals surface area contributed by atoms with Crippen molar-refractivity contribution in [3.8, 4) is 0 Å². The van der Waals surface area contributed by atoms with E-state index in [2.05, 4.69) is 4.98 Å². The van der Waals surface area contributed by atoms with Crippen LogP contribution in [0, 0.1) is 0 Å². The molecule has 0 aliphatic rings. The summed E-state index contributed by atoms with van der Waals surface area (Å²) in [6.45, 7) is -0.422. The number of hydrogen-bond acceptors (Lipinski definition) is 2. The highest BCUT2D eigenvalue weighted by Gasteiger charge is 2.36. The molecule has 0 saturated heterocycles. The van der Waals surface area contributed by atoms with Gasteiger partial charge in [-0.05, 0) is 6.07 Å². The fourth-order valence-corrected chi connectivity index (χ4v) is 2.97. The highest BCUT2D eigenvalue weighted by atomic mass is 35.5. The molecule has 0 spiro atoms. The number of H-pyrrole nitrogens is 1. The number of nitrogens with one attached hydrogen (secondary N) is 1. The van der Waals surface area contributed by atoms with Gasteiger partial charge in [-0.1, -0.05) is 6.92 Å². The van der Waals surface area contributed by atoms with E-state index in [0.29, 0.717) is 10.00 Å². The monoisotopic (exact) mass is 304 g/mol. The molecule has 104 valence electrons. The van der Waals surface area contributed by atoms with Gasteiger partial charge in [-0.2, -0.15) is 17.5 Å². The van der Waals surface area contributed by atoms with Crippen molar-refractivity contribution in [3.05, 3.63) is 18.0 Å². The van der Waals surface area contributed by atoms with Crippen molar-refractivity contribution in [2.24, 2.45) is 0 Å². The Hall–Kier alpha value is -0.730. The quantitative estimate of drug-likeness (QED) is 0.849. The molecule has 18 heavy (non-hydrogen) atoms. The number of rotatable bonds is 5. The van der Waals surface area contributed by atoms with Crippen LogP contribution in [0.15, 0.2) is 17.2 Å². The fourth-order valence-electron chi connectivity index (χ4n) is 1.36. The maximum absolute atomic E-state index is 12.3. The first-order valence-electron chi connectivity index (χ1n) is 5.01. The molecule has 0 aliphatic carbocycles. The number of aromatic nitrogens is 1. The number of nitrogens with zero attached hydrogens (tertiary/aromatic N) is 1. The van der Waals surface area contributed by atoms with E-state index >= 15 is 0 Å². The molecule has 1 aromatic rings. The van der Waals surface area contributed by atoms with Gasteiger partial charge in [-0.15, -0.1) is 11.6 Å². The maximum atomic E-state index is 12.3. The largest absolute Gasteiger partial charge is 0.402 e. The van der Waals surface area contributed by atoms with Crippen molar-refractivity contribution >= 4 is 21.6 Å². The predicted octanol–water partition coefficient (Wildman–Crippen LogP) is 2.33. The summed E-state index contributed by atoms with van der Waals surface area (Å²) in [4.78, 5) is 2.37. The molecule has 1 aromatic heterocycles. The lowest BCUT2D eigenvalue weighted by Gasteiger charge is -2.20. The lowest BCUT2D eigenvalue weighted by molar-refractivity contribution is -0.135. The van der Waals surface area contributed by atoms with Crippen molar-refractivity contribution in [1.29, 1.82) is 0 Å². The van der Waals surface area contributed by atoms with Crippen molar-refractivity contribution in [1.82, 2.24) is 9.29 Å². The van der Waals surface area contributed by atoms with Crippen LogP contribution in [0.25, 0.3) is 0 Å². The van der Waals surface area contributed by atoms with Gasteiger partial charge in [0.25, 0.3) is 0 Å². The maximum Gasteiger partial charge on any atom is 0.402 e. The van der Waals surface area contributed by atoms with Gasteiger partial charge >= 0.3 is 6.18 Å². The molecule has 1 heterocycles. The van der Waals surface area contributed by atoms with E-state index in [1.54, 1.807) is 0 Å². The topological polar surface area (TPSA) is 53.2 Å². The Morgan fingerprint density at radius 2 is 2.06 bits per heavy atom. The van der Waals surface area contributed by atoms with Crippen LogP contribution in [-0.4, -0.2) is 37.0 Å². The second-order valence-electron chi connectivity index (χ2n) is 3.54. The average Bonchev–Trinajstić information content (AvgIpc) is 2.73. The minimum Gasteiger partial charge on any atom is -0.363 e. The molecule has 9 heteroatoms. The summed E-state index contributed by atoms with van der Waals surface area (Å²) >= 11 is 5.49. The van der Waals surface area contributed by atoms with Gasteiger partial charge in [0.1, 0.15) is 6.54 Å². The highest BCUT2D eigenvalue weighted by molar-refractivity contribution is 7.89. The van der Waals surface area contributed by atoms with E-state index in [-0.39, 0.29) is 17.3 Å². The highest BCUT2D eigenvalue weighted by Crippen LogP contribution is 2.23. The van der Waals surface area contributed by atoms with Crippen LogP contribution in [-0.2, 0) is 15.9 Å². The summed E-state index contributed by atoms with van der Waals surface area (Å²) in [7, 11) is -4.15. The Kier molecular flexibility index (Phi) is 4.68. The Bertz CT molecular complexity index is 498. The van der Waals surface area contributed by atoms with Crippen LogP contribution in [0.2, 0.25) is 0 Å². The molecule has 0 aromatic carbocycles. The van der Waals surface area contributed by atoms with Gasteiger partial charge in [0, 0.05) is 18.4 Å². The summed E-state index contributed by atoms with van der Waals surface area (Å²) in [5, 5.41) is 0. The zero-order valence-electron chi connectivity index (χ0n) is 9.46. The average molecular weight is 305 g/mol. The fraction of sp³-hybridized carbons (Fsp3) is 0.556. The Balaban J connectivity index is 3.03. The molecular formula is C9H12ClF3N2O2S. The standard InChI is InChI=1S/C9H12ClF3N2O2S/c1-2-15(6-9(11,12)13)18(16,17)8-3-7(4-10)14-5-8/h3,5,14H,2,4,6H2,1H3. The minimum absolute atomic E-state index is 0.0565. The normalized spacial score (nSPS) is 13.2. The number of sulfonamides is 1. The van der Waals surface area contributed by atoms with Crippen LogP contribution in [0.1, 0.15) is 12.6 Å². The summed E-state index contributed by atoms with van der Waals surface area (Å²) in [5.41, 5.74) is 0.429. The van der Waals surface area contributed by atoms with E-state index in [9.17, 15) is 21.6 Å². The SMILES string of the molecule is CCN(CC(F)(F)F)S(=O)(=O)c1c[nH]c(CCl)c1. The molecule has 0 unspecified atom stereocenters. The number of halogens is 4.